The van der Waals surface area contributed by atoms with Crippen molar-refractivity contribution in [2.45, 2.75) is 19.4 Å². The Labute approximate surface area is 111 Å². The molecule has 102 valence electrons. The zero-order chi connectivity index (χ0) is 13.5. The molecular formula is C13H16N2O3S. The van der Waals surface area contributed by atoms with E-state index in [2.05, 4.69) is 4.98 Å². The third-order valence-electron chi connectivity index (χ3n) is 3.80. The van der Waals surface area contributed by atoms with E-state index in [1.165, 1.54) is 0 Å². The second kappa shape index (κ2) is 4.52. The van der Waals surface area contributed by atoms with Gasteiger partial charge in [-0.1, -0.05) is 12.1 Å². The Balaban J connectivity index is 1.86. The van der Waals surface area contributed by atoms with Crippen LogP contribution in [-0.2, 0) is 16.4 Å². The van der Waals surface area contributed by atoms with Crippen molar-refractivity contribution in [1.29, 1.82) is 0 Å². The van der Waals surface area contributed by atoms with Crippen molar-refractivity contribution >= 4 is 20.9 Å². The molecule has 1 aliphatic heterocycles. The van der Waals surface area contributed by atoms with Gasteiger partial charge in [0, 0.05) is 6.54 Å². The van der Waals surface area contributed by atoms with Gasteiger partial charge < -0.3 is 4.98 Å². The Morgan fingerprint density at radius 2 is 1.89 bits per heavy atom. The fraction of sp³-hybridized carbons (Fsp3) is 0.462. The molecule has 0 aliphatic carbocycles. The average molecular weight is 280 g/mol. The molecule has 0 spiro atoms. The number of benzene rings is 1. The predicted octanol–water partition coefficient (Wildman–Crippen LogP) is 1.15. The highest BCUT2D eigenvalue weighted by atomic mass is 32.2. The van der Waals surface area contributed by atoms with E-state index in [1.807, 2.05) is 24.3 Å². The van der Waals surface area contributed by atoms with Gasteiger partial charge in [0.2, 0.25) is 0 Å². The van der Waals surface area contributed by atoms with Crippen LogP contribution in [0.5, 0.6) is 0 Å². The topological polar surface area (TPSA) is 71.9 Å². The molecule has 3 rings (SSSR count). The van der Waals surface area contributed by atoms with Crippen molar-refractivity contribution in [2.24, 2.45) is 5.92 Å². The maximum atomic E-state index is 11.9. The lowest BCUT2D eigenvalue weighted by atomic mass is 10.0. The van der Waals surface area contributed by atoms with Gasteiger partial charge in [-0.2, -0.15) is 0 Å². The maximum Gasteiger partial charge on any atom is 0.326 e. The Bertz CT molecular complexity index is 744. The summed E-state index contributed by atoms with van der Waals surface area (Å²) in [6.07, 6.45) is 1.29. The van der Waals surface area contributed by atoms with Crippen LogP contribution in [0.1, 0.15) is 12.8 Å². The number of imidazole rings is 1. The van der Waals surface area contributed by atoms with Crippen LogP contribution in [0.2, 0.25) is 0 Å². The van der Waals surface area contributed by atoms with Crippen molar-refractivity contribution < 1.29 is 8.42 Å². The molecular weight excluding hydrogens is 264 g/mol. The van der Waals surface area contributed by atoms with E-state index in [9.17, 15) is 13.2 Å². The molecule has 2 heterocycles. The van der Waals surface area contributed by atoms with Crippen LogP contribution in [-0.4, -0.2) is 29.5 Å². The number of para-hydroxylation sites is 2. The second-order valence-electron chi connectivity index (χ2n) is 5.15. The van der Waals surface area contributed by atoms with Crippen LogP contribution < -0.4 is 5.69 Å². The van der Waals surface area contributed by atoms with E-state index in [0.717, 1.165) is 11.0 Å². The summed E-state index contributed by atoms with van der Waals surface area (Å²) >= 11 is 0. The Morgan fingerprint density at radius 1 is 1.21 bits per heavy atom. The van der Waals surface area contributed by atoms with Crippen LogP contribution in [0.25, 0.3) is 11.0 Å². The van der Waals surface area contributed by atoms with Gasteiger partial charge in [-0.25, -0.2) is 13.2 Å². The van der Waals surface area contributed by atoms with Crippen LogP contribution in [0, 0.1) is 5.92 Å². The minimum absolute atomic E-state index is 0.116. The SMILES string of the molecule is O=c1[nH]c2ccccc2n1CC1CCS(=O)(=O)CC1. The summed E-state index contributed by atoms with van der Waals surface area (Å²) in [6.45, 7) is 0.596. The van der Waals surface area contributed by atoms with E-state index in [0.29, 0.717) is 19.4 Å². The van der Waals surface area contributed by atoms with Gasteiger partial charge in [0.1, 0.15) is 9.84 Å². The average Bonchev–Trinajstić information content (AvgIpc) is 2.69. The van der Waals surface area contributed by atoms with Gasteiger partial charge in [-0.15, -0.1) is 0 Å². The summed E-state index contributed by atoms with van der Waals surface area (Å²) in [4.78, 5) is 14.8. The smallest absolute Gasteiger partial charge is 0.306 e. The fourth-order valence-electron chi connectivity index (χ4n) is 2.67. The number of H-pyrrole nitrogens is 1. The van der Waals surface area contributed by atoms with Gasteiger partial charge in [0.15, 0.2) is 0 Å². The molecule has 0 amide bonds. The molecule has 0 unspecified atom stereocenters. The molecule has 1 saturated heterocycles. The molecule has 1 aromatic heterocycles. The maximum absolute atomic E-state index is 11.9. The molecule has 2 aromatic rings. The summed E-state index contributed by atoms with van der Waals surface area (Å²) in [5.41, 5.74) is 1.60. The molecule has 19 heavy (non-hydrogen) atoms. The first-order valence-corrected chi connectivity index (χ1v) is 8.25. The molecule has 1 aliphatic rings. The van der Waals surface area contributed by atoms with Crippen LogP contribution in [0.15, 0.2) is 29.1 Å². The largest absolute Gasteiger partial charge is 0.326 e. The number of fused-ring (bicyclic) bond motifs is 1. The lowest BCUT2D eigenvalue weighted by Crippen LogP contribution is -2.29. The van der Waals surface area contributed by atoms with Crippen LogP contribution in [0.4, 0.5) is 0 Å². The summed E-state index contributed by atoms with van der Waals surface area (Å²) in [7, 11) is -2.84. The molecule has 1 aromatic carbocycles. The summed E-state index contributed by atoms with van der Waals surface area (Å²) in [6, 6.07) is 7.57. The van der Waals surface area contributed by atoms with Crippen molar-refractivity contribution in [3.8, 4) is 0 Å². The second-order valence-corrected chi connectivity index (χ2v) is 7.46. The highest BCUT2D eigenvalue weighted by Gasteiger charge is 2.24. The first-order valence-electron chi connectivity index (χ1n) is 6.43. The van der Waals surface area contributed by atoms with E-state index in [-0.39, 0.29) is 23.1 Å². The number of nitrogens with one attached hydrogen (secondary N) is 1. The molecule has 5 nitrogen and oxygen atoms in total. The minimum Gasteiger partial charge on any atom is -0.306 e. The van der Waals surface area contributed by atoms with Crippen molar-refractivity contribution in [3.63, 3.8) is 0 Å². The summed E-state index contributed by atoms with van der Waals surface area (Å²) in [5, 5.41) is 0. The summed E-state index contributed by atoms with van der Waals surface area (Å²) in [5.74, 6) is 0.754. The fourth-order valence-corrected chi connectivity index (χ4v) is 4.26. The van der Waals surface area contributed by atoms with E-state index in [1.54, 1.807) is 4.57 Å². The van der Waals surface area contributed by atoms with Crippen LogP contribution in [0.3, 0.4) is 0 Å². The molecule has 1 fully saturated rings. The van der Waals surface area contributed by atoms with Gasteiger partial charge in [-0.05, 0) is 30.9 Å². The minimum atomic E-state index is -2.84. The molecule has 0 atom stereocenters. The van der Waals surface area contributed by atoms with Gasteiger partial charge >= 0.3 is 5.69 Å². The predicted molar refractivity (Wildman–Crippen MR) is 73.9 cm³/mol. The van der Waals surface area contributed by atoms with Crippen molar-refractivity contribution in [2.75, 3.05) is 11.5 Å². The van der Waals surface area contributed by atoms with E-state index in [4.69, 9.17) is 0 Å². The zero-order valence-corrected chi connectivity index (χ0v) is 11.3. The standard InChI is InChI=1S/C13H16N2O3S/c16-13-14-11-3-1-2-4-12(11)15(13)9-10-5-7-19(17,18)8-6-10/h1-4,10H,5-9H2,(H,14,16). The zero-order valence-electron chi connectivity index (χ0n) is 10.5. The lowest BCUT2D eigenvalue weighted by Gasteiger charge is -2.22. The molecule has 0 saturated carbocycles. The van der Waals surface area contributed by atoms with E-state index < -0.39 is 9.84 Å². The number of sulfone groups is 1. The molecule has 0 bridgehead atoms. The van der Waals surface area contributed by atoms with Crippen molar-refractivity contribution in [1.82, 2.24) is 9.55 Å². The van der Waals surface area contributed by atoms with Gasteiger partial charge in [0.25, 0.3) is 0 Å². The first-order chi connectivity index (χ1) is 9.05. The van der Waals surface area contributed by atoms with Gasteiger partial charge in [-0.3, -0.25) is 4.57 Å². The number of hydrogen-bond acceptors (Lipinski definition) is 3. The Morgan fingerprint density at radius 3 is 2.63 bits per heavy atom. The highest BCUT2D eigenvalue weighted by molar-refractivity contribution is 7.91. The molecule has 6 heteroatoms. The summed E-state index contributed by atoms with van der Waals surface area (Å²) < 4.78 is 24.5. The monoisotopic (exact) mass is 280 g/mol. The Hall–Kier alpha value is -1.56. The molecule has 1 N–H and O–H groups in total. The van der Waals surface area contributed by atoms with Gasteiger partial charge in [0.05, 0.1) is 22.5 Å². The van der Waals surface area contributed by atoms with Crippen molar-refractivity contribution in [3.05, 3.63) is 34.7 Å². The molecule has 0 radical (unpaired) electrons. The quantitative estimate of drug-likeness (QED) is 0.897. The third kappa shape index (κ3) is 2.45. The third-order valence-corrected chi connectivity index (χ3v) is 5.51. The van der Waals surface area contributed by atoms with E-state index >= 15 is 0 Å². The highest BCUT2D eigenvalue weighted by Crippen LogP contribution is 2.21. The first kappa shape index (κ1) is 12.5. The lowest BCUT2D eigenvalue weighted by molar-refractivity contribution is 0.404. The Kier molecular flexibility index (Phi) is 2.97. The normalized spacial score (nSPS) is 19.8. The number of hydrogen-bond donors (Lipinski definition) is 1. The number of aromatic amines is 1. The number of rotatable bonds is 2. The number of nitrogens with zero attached hydrogens (tertiary/aromatic N) is 1. The number of aromatic nitrogens is 2. The van der Waals surface area contributed by atoms with Crippen LogP contribution >= 0.6 is 0 Å².